The Morgan fingerprint density at radius 3 is 2.62 bits per heavy atom. The lowest BCUT2D eigenvalue weighted by molar-refractivity contribution is 0.288. The lowest BCUT2D eigenvalue weighted by atomic mass is 10.1. The maximum Gasteiger partial charge on any atom is 0.240 e. The van der Waals surface area contributed by atoms with E-state index in [1.54, 1.807) is 23.9 Å². The molecule has 1 saturated carbocycles. The average molecular weight is 329 g/mol. The van der Waals surface area contributed by atoms with E-state index in [0.717, 1.165) is 31.2 Å². The number of aryl methyl sites for hydroxylation is 1. The number of aliphatic hydroxyl groups excluding tert-OH is 1. The van der Waals surface area contributed by atoms with Crippen LogP contribution in [0.25, 0.3) is 0 Å². The van der Waals surface area contributed by atoms with E-state index >= 15 is 0 Å². The Morgan fingerprint density at radius 2 is 2.00 bits per heavy atom. The van der Waals surface area contributed by atoms with Crippen molar-refractivity contribution in [3.63, 3.8) is 0 Å². The summed E-state index contributed by atoms with van der Waals surface area (Å²) >= 11 is 1.74. The van der Waals surface area contributed by atoms with Crippen molar-refractivity contribution in [1.29, 1.82) is 0 Å². The summed E-state index contributed by atoms with van der Waals surface area (Å²) in [7, 11) is -3.44. The largest absolute Gasteiger partial charge is 0.396 e. The maximum absolute atomic E-state index is 12.4. The van der Waals surface area contributed by atoms with E-state index in [-0.39, 0.29) is 12.6 Å². The molecule has 21 heavy (non-hydrogen) atoms. The summed E-state index contributed by atoms with van der Waals surface area (Å²) in [6, 6.07) is 6.99. The first kappa shape index (κ1) is 16.8. The van der Waals surface area contributed by atoms with Crippen molar-refractivity contribution in [2.45, 2.75) is 48.3 Å². The van der Waals surface area contributed by atoms with Crippen molar-refractivity contribution in [3.05, 3.63) is 29.8 Å². The summed E-state index contributed by atoms with van der Waals surface area (Å²) in [5.74, 6) is 0. The average Bonchev–Trinajstić information content (AvgIpc) is 2.92. The molecule has 2 N–H and O–H groups in total. The molecular formula is C15H23NO3S2. The van der Waals surface area contributed by atoms with E-state index in [4.69, 9.17) is 5.11 Å². The van der Waals surface area contributed by atoms with Crippen molar-refractivity contribution in [2.75, 3.05) is 12.9 Å². The predicted octanol–water partition coefficient (Wildman–Crippen LogP) is 2.17. The summed E-state index contributed by atoms with van der Waals surface area (Å²) in [6.45, 7) is 0.152. The first-order valence-corrected chi connectivity index (χ1v) is 10.1. The second kappa shape index (κ2) is 7.63. The zero-order chi connectivity index (χ0) is 15.3. The molecule has 2 atom stereocenters. The van der Waals surface area contributed by atoms with E-state index < -0.39 is 10.0 Å². The smallest absolute Gasteiger partial charge is 0.240 e. The number of sulfonamides is 1. The number of rotatable bonds is 7. The summed E-state index contributed by atoms with van der Waals surface area (Å²) in [4.78, 5) is 0.321. The highest BCUT2D eigenvalue weighted by Crippen LogP contribution is 2.29. The minimum atomic E-state index is -3.44. The highest BCUT2D eigenvalue weighted by molar-refractivity contribution is 7.99. The summed E-state index contributed by atoms with van der Waals surface area (Å²) in [5.41, 5.74) is 1.05. The fourth-order valence-electron chi connectivity index (χ4n) is 2.73. The van der Waals surface area contributed by atoms with Gasteiger partial charge in [0.2, 0.25) is 10.0 Å². The molecule has 4 nitrogen and oxygen atoms in total. The quantitative estimate of drug-likeness (QED) is 0.804. The summed E-state index contributed by atoms with van der Waals surface area (Å²) < 4.78 is 27.7. The minimum absolute atomic E-state index is 0.0408. The van der Waals surface area contributed by atoms with Crippen molar-refractivity contribution >= 4 is 21.8 Å². The van der Waals surface area contributed by atoms with Crippen LogP contribution in [-0.4, -0.2) is 37.7 Å². The second-order valence-corrected chi connectivity index (χ2v) is 8.19. The lowest BCUT2D eigenvalue weighted by Crippen LogP contribution is -2.38. The van der Waals surface area contributed by atoms with Crippen LogP contribution in [0.5, 0.6) is 0 Å². The molecule has 0 aromatic heterocycles. The zero-order valence-corrected chi connectivity index (χ0v) is 13.9. The van der Waals surface area contributed by atoms with Gasteiger partial charge in [-0.2, -0.15) is 11.8 Å². The van der Waals surface area contributed by atoms with Crippen LogP contribution in [0.1, 0.15) is 31.2 Å². The van der Waals surface area contributed by atoms with Crippen LogP contribution >= 0.6 is 11.8 Å². The number of hydrogen-bond donors (Lipinski definition) is 2. The number of hydrogen-bond acceptors (Lipinski definition) is 4. The molecular weight excluding hydrogens is 306 g/mol. The Kier molecular flexibility index (Phi) is 6.10. The fraction of sp³-hybridized carbons (Fsp3) is 0.600. The van der Waals surface area contributed by atoms with Crippen LogP contribution in [0.3, 0.4) is 0 Å². The van der Waals surface area contributed by atoms with Crippen LogP contribution in [0.4, 0.5) is 0 Å². The van der Waals surface area contributed by atoms with Crippen molar-refractivity contribution < 1.29 is 13.5 Å². The van der Waals surface area contributed by atoms with Crippen LogP contribution in [0.15, 0.2) is 29.2 Å². The Hall–Kier alpha value is -0.560. The molecule has 0 spiro atoms. The molecule has 118 valence electrons. The van der Waals surface area contributed by atoms with E-state index in [1.807, 2.05) is 18.4 Å². The highest BCUT2D eigenvalue weighted by atomic mass is 32.2. The molecule has 0 saturated heterocycles. The maximum atomic E-state index is 12.4. The van der Waals surface area contributed by atoms with E-state index in [2.05, 4.69) is 4.72 Å². The van der Waals surface area contributed by atoms with Gasteiger partial charge in [-0.1, -0.05) is 18.6 Å². The van der Waals surface area contributed by atoms with Crippen molar-refractivity contribution in [1.82, 2.24) is 4.72 Å². The van der Waals surface area contributed by atoms with Crippen molar-refractivity contribution in [3.8, 4) is 0 Å². The molecule has 1 aromatic carbocycles. The van der Waals surface area contributed by atoms with E-state index in [9.17, 15) is 8.42 Å². The molecule has 0 amide bonds. The van der Waals surface area contributed by atoms with Gasteiger partial charge in [0.15, 0.2) is 0 Å². The first-order valence-electron chi connectivity index (χ1n) is 7.32. The van der Waals surface area contributed by atoms with Gasteiger partial charge in [-0.15, -0.1) is 0 Å². The molecule has 1 fully saturated rings. The molecule has 0 aliphatic heterocycles. The van der Waals surface area contributed by atoms with Gasteiger partial charge in [-0.25, -0.2) is 13.1 Å². The van der Waals surface area contributed by atoms with Crippen LogP contribution in [-0.2, 0) is 16.4 Å². The van der Waals surface area contributed by atoms with Gasteiger partial charge in [-0.05, 0) is 49.6 Å². The Bertz CT molecular complexity index is 543. The number of aliphatic hydroxyl groups is 1. The van der Waals surface area contributed by atoms with Gasteiger partial charge in [0.05, 0.1) is 4.90 Å². The third kappa shape index (κ3) is 4.45. The van der Waals surface area contributed by atoms with E-state index in [0.29, 0.717) is 16.6 Å². The summed E-state index contributed by atoms with van der Waals surface area (Å²) in [5, 5.41) is 9.19. The van der Waals surface area contributed by atoms with Gasteiger partial charge in [0, 0.05) is 17.9 Å². The third-order valence-electron chi connectivity index (χ3n) is 3.92. The number of nitrogens with one attached hydrogen (secondary N) is 1. The molecule has 1 aliphatic carbocycles. The highest BCUT2D eigenvalue weighted by Gasteiger charge is 2.30. The lowest BCUT2D eigenvalue weighted by Gasteiger charge is -2.19. The first-order chi connectivity index (χ1) is 10.1. The van der Waals surface area contributed by atoms with Crippen molar-refractivity contribution in [2.24, 2.45) is 0 Å². The SMILES string of the molecule is CSC1CCCC1NS(=O)(=O)c1ccc(CCCO)cc1. The molecule has 1 aliphatic rings. The Morgan fingerprint density at radius 1 is 1.29 bits per heavy atom. The normalized spacial score (nSPS) is 22.6. The van der Waals surface area contributed by atoms with Gasteiger partial charge >= 0.3 is 0 Å². The fourth-order valence-corrected chi connectivity index (χ4v) is 5.06. The number of thioether (sulfide) groups is 1. The number of benzene rings is 1. The summed E-state index contributed by atoms with van der Waals surface area (Å²) in [6.07, 6.45) is 6.57. The Labute approximate surface area is 131 Å². The minimum Gasteiger partial charge on any atom is -0.396 e. The van der Waals surface area contributed by atoms with Gasteiger partial charge < -0.3 is 5.11 Å². The standard InChI is InChI=1S/C15H23NO3S2/c1-20-15-6-2-5-14(15)16-21(18,19)13-9-7-12(8-10-13)4-3-11-17/h7-10,14-17H,2-6,11H2,1H3. The van der Waals surface area contributed by atoms with Crippen LogP contribution < -0.4 is 4.72 Å². The molecule has 2 rings (SSSR count). The molecule has 0 radical (unpaired) electrons. The van der Waals surface area contributed by atoms with Gasteiger partial charge in [0.25, 0.3) is 0 Å². The zero-order valence-electron chi connectivity index (χ0n) is 12.3. The molecule has 6 heteroatoms. The topological polar surface area (TPSA) is 66.4 Å². The Balaban J connectivity index is 2.05. The van der Waals surface area contributed by atoms with Gasteiger partial charge in [-0.3, -0.25) is 0 Å². The predicted molar refractivity (Wildman–Crippen MR) is 87.1 cm³/mol. The molecule has 0 bridgehead atoms. The third-order valence-corrected chi connectivity index (χ3v) is 6.59. The molecule has 0 heterocycles. The monoisotopic (exact) mass is 329 g/mol. The second-order valence-electron chi connectivity index (χ2n) is 5.40. The van der Waals surface area contributed by atoms with E-state index in [1.165, 1.54) is 0 Å². The molecule has 1 aromatic rings. The van der Waals surface area contributed by atoms with Crippen LogP contribution in [0, 0.1) is 0 Å². The molecule has 2 unspecified atom stereocenters. The van der Waals surface area contributed by atoms with Gasteiger partial charge in [0.1, 0.15) is 0 Å². The van der Waals surface area contributed by atoms with Crippen LogP contribution in [0.2, 0.25) is 0 Å².